The van der Waals surface area contributed by atoms with E-state index in [0.29, 0.717) is 23.7 Å². The van der Waals surface area contributed by atoms with Crippen LogP contribution in [0, 0.1) is 16.0 Å². The van der Waals surface area contributed by atoms with E-state index >= 15 is 0 Å². The maximum Gasteiger partial charge on any atom is 0.293 e. The molecular formula is C21H23N3O3. The second-order valence-corrected chi connectivity index (χ2v) is 7.47. The molecule has 0 bridgehead atoms. The second kappa shape index (κ2) is 7.02. The lowest BCUT2D eigenvalue weighted by Gasteiger charge is -2.31. The van der Waals surface area contributed by atoms with Crippen LogP contribution in [0.15, 0.2) is 42.5 Å². The van der Waals surface area contributed by atoms with Crippen LogP contribution in [0.2, 0.25) is 0 Å². The maximum atomic E-state index is 13.0. The van der Waals surface area contributed by atoms with Gasteiger partial charge in [0.05, 0.1) is 4.92 Å². The Morgan fingerprint density at radius 1 is 1.07 bits per heavy atom. The van der Waals surface area contributed by atoms with Crippen molar-refractivity contribution in [2.45, 2.75) is 26.2 Å². The second-order valence-electron chi connectivity index (χ2n) is 7.47. The van der Waals surface area contributed by atoms with E-state index in [4.69, 9.17) is 0 Å². The summed E-state index contributed by atoms with van der Waals surface area (Å²) in [6.45, 7) is 4.45. The molecule has 1 fully saturated rings. The van der Waals surface area contributed by atoms with Crippen LogP contribution in [0.1, 0.15) is 35.7 Å². The highest BCUT2D eigenvalue weighted by molar-refractivity contribution is 6.08. The zero-order chi connectivity index (χ0) is 19.0. The summed E-state index contributed by atoms with van der Waals surface area (Å²) in [5.74, 6) is 0.471. The standard InChI is InChI=1S/C21H23N3O3/c1-15-8-11-22(12-9-15)19-7-6-17(14-20(19)24(26)27)21(25)23-13-10-16-4-2-3-5-18(16)23/h2-7,14-15H,8-13H2,1H3. The number of rotatable bonds is 3. The molecule has 0 aliphatic carbocycles. The summed E-state index contributed by atoms with van der Waals surface area (Å²) in [5.41, 5.74) is 3.04. The van der Waals surface area contributed by atoms with Crippen LogP contribution >= 0.6 is 0 Å². The summed E-state index contributed by atoms with van der Waals surface area (Å²) < 4.78 is 0. The number of benzene rings is 2. The lowest BCUT2D eigenvalue weighted by atomic mass is 9.98. The van der Waals surface area contributed by atoms with Gasteiger partial charge in [0, 0.05) is 37.0 Å². The van der Waals surface area contributed by atoms with E-state index in [1.165, 1.54) is 6.07 Å². The van der Waals surface area contributed by atoms with Gasteiger partial charge in [-0.1, -0.05) is 25.1 Å². The Bertz CT molecular complexity index is 888. The molecule has 0 unspecified atom stereocenters. The van der Waals surface area contributed by atoms with Crippen molar-refractivity contribution in [1.82, 2.24) is 0 Å². The molecule has 2 aliphatic heterocycles. The first-order chi connectivity index (χ1) is 13.0. The van der Waals surface area contributed by atoms with Crippen LogP contribution in [-0.2, 0) is 6.42 Å². The van der Waals surface area contributed by atoms with Gasteiger partial charge in [-0.05, 0) is 48.9 Å². The van der Waals surface area contributed by atoms with E-state index in [0.717, 1.165) is 43.6 Å². The van der Waals surface area contributed by atoms with Crippen LogP contribution in [0.5, 0.6) is 0 Å². The minimum Gasteiger partial charge on any atom is -0.366 e. The van der Waals surface area contributed by atoms with Crippen molar-refractivity contribution < 1.29 is 9.72 Å². The number of amides is 1. The lowest BCUT2D eigenvalue weighted by Crippen LogP contribution is -2.33. The maximum absolute atomic E-state index is 13.0. The molecule has 2 aliphatic rings. The summed E-state index contributed by atoms with van der Waals surface area (Å²) in [6, 6.07) is 12.7. The largest absolute Gasteiger partial charge is 0.366 e. The molecule has 0 N–H and O–H groups in total. The highest BCUT2D eigenvalue weighted by Crippen LogP contribution is 2.34. The molecule has 6 heteroatoms. The Kier molecular flexibility index (Phi) is 4.56. The van der Waals surface area contributed by atoms with Crippen molar-refractivity contribution in [2.75, 3.05) is 29.4 Å². The molecule has 0 saturated carbocycles. The van der Waals surface area contributed by atoms with Crippen LogP contribution in [0.25, 0.3) is 0 Å². The molecular weight excluding hydrogens is 342 g/mol. The molecule has 0 aromatic heterocycles. The smallest absolute Gasteiger partial charge is 0.293 e. The summed E-state index contributed by atoms with van der Waals surface area (Å²) in [4.78, 5) is 28.1. The molecule has 0 spiro atoms. The summed E-state index contributed by atoms with van der Waals surface area (Å²) in [7, 11) is 0. The van der Waals surface area contributed by atoms with Gasteiger partial charge in [0.15, 0.2) is 0 Å². The van der Waals surface area contributed by atoms with Gasteiger partial charge in [-0.15, -0.1) is 0 Å². The third kappa shape index (κ3) is 3.27. The molecule has 2 aromatic carbocycles. The third-order valence-electron chi connectivity index (χ3n) is 5.68. The summed E-state index contributed by atoms with van der Waals surface area (Å²) in [5, 5.41) is 11.7. The predicted octanol–water partition coefficient (Wildman–Crippen LogP) is 4.03. The van der Waals surface area contributed by atoms with Gasteiger partial charge in [0.1, 0.15) is 5.69 Å². The number of nitro groups is 1. The Morgan fingerprint density at radius 3 is 2.56 bits per heavy atom. The first-order valence-corrected chi connectivity index (χ1v) is 9.48. The van der Waals surface area contributed by atoms with Crippen molar-refractivity contribution >= 4 is 23.0 Å². The molecule has 4 rings (SSSR count). The van der Waals surface area contributed by atoms with Gasteiger partial charge < -0.3 is 9.80 Å². The minimum atomic E-state index is -0.373. The topological polar surface area (TPSA) is 66.7 Å². The van der Waals surface area contributed by atoms with Crippen molar-refractivity contribution in [3.63, 3.8) is 0 Å². The first kappa shape index (κ1) is 17.5. The molecule has 1 amide bonds. The van der Waals surface area contributed by atoms with Crippen LogP contribution in [0.4, 0.5) is 17.1 Å². The number of carbonyl (C=O) groups excluding carboxylic acids is 1. The zero-order valence-electron chi connectivity index (χ0n) is 15.4. The monoisotopic (exact) mass is 365 g/mol. The van der Waals surface area contributed by atoms with Crippen molar-refractivity contribution in [1.29, 1.82) is 0 Å². The van der Waals surface area contributed by atoms with Gasteiger partial charge >= 0.3 is 0 Å². The van der Waals surface area contributed by atoms with Gasteiger partial charge in [0.2, 0.25) is 0 Å². The predicted molar refractivity (Wildman–Crippen MR) is 106 cm³/mol. The number of hydrogen-bond acceptors (Lipinski definition) is 4. The van der Waals surface area contributed by atoms with Crippen molar-refractivity contribution in [3.05, 3.63) is 63.7 Å². The molecule has 1 saturated heterocycles. The van der Waals surface area contributed by atoms with E-state index < -0.39 is 0 Å². The number of hydrogen-bond donors (Lipinski definition) is 0. The zero-order valence-corrected chi connectivity index (χ0v) is 15.4. The van der Waals surface area contributed by atoms with Gasteiger partial charge in [-0.3, -0.25) is 14.9 Å². The molecule has 140 valence electrons. The number of para-hydroxylation sites is 1. The van der Waals surface area contributed by atoms with Gasteiger partial charge in [-0.2, -0.15) is 0 Å². The van der Waals surface area contributed by atoms with E-state index in [9.17, 15) is 14.9 Å². The van der Waals surface area contributed by atoms with Crippen LogP contribution < -0.4 is 9.80 Å². The van der Waals surface area contributed by atoms with E-state index in [1.54, 1.807) is 17.0 Å². The minimum absolute atomic E-state index is 0.0166. The lowest BCUT2D eigenvalue weighted by molar-refractivity contribution is -0.384. The fourth-order valence-electron chi connectivity index (χ4n) is 4.02. The number of piperidine rings is 1. The van der Waals surface area contributed by atoms with Crippen LogP contribution in [0.3, 0.4) is 0 Å². The normalized spacial score (nSPS) is 17.1. The first-order valence-electron chi connectivity index (χ1n) is 9.48. The Balaban J connectivity index is 1.64. The average molecular weight is 365 g/mol. The van der Waals surface area contributed by atoms with E-state index in [2.05, 4.69) is 11.8 Å². The Morgan fingerprint density at radius 2 is 1.81 bits per heavy atom. The molecule has 0 radical (unpaired) electrons. The number of nitrogens with zero attached hydrogens (tertiary/aromatic N) is 3. The van der Waals surface area contributed by atoms with Crippen molar-refractivity contribution in [2.24, 2.45) is 5.92 Å². The molecule has 0 atom stereocenters. The highest BCUT2D eigenvalue weighted by Gasteiger charge is 2.29. The summed E-state index contributed by atoms with van der Waals surface area (Å²) >= 11 is 0. The summed E-state index contributed by atoms with van der Waals surface area (Å²) in [6.07, 6.45) is 2.87. The third-order valence-corrected chi connectivity index (χ3v) is 5.68. The number of nitro benzene ring substituents is 1. The molecule has 2 heterocycles. The van der Waals surface area contributed by atoms with Crippen molar-refractivity contribution in [3.8, 4) is 0 Å². The highest BCUT2D eigenvalue weighted by atomic mass is 16.6. The SMILES string of the molecule is CC1CCN(c2ccc(C(=O)N3CCc4ccccc43)cc2[N+](=O)[O-])CC1. The molecule has 27 heavy (non-hydrogen) atoms. The van der Waals surface area contributed by atoms with Gasteiger partial charge in [0.25, 0.3) is 11.6 Å². The quantitative estimate of drug-likeness (QED) is 0.608. The number of anilines is 2. The Hall–Kier alpha value is -2.89. The number of carbonyl (C=O) groups is 1. The van der Waals surface area contributed by atoms with E-state index in [1.807, 2.05) is 24.3 Å². The number of fused-ring (bicyclic) bond motifs is 1. The van der Waals surface area contributed by atoms with E-state index in [-0.39, 0.29) is 16.5 Å². The van der Waals surface area contributed by atoms with Gasteiger partial charge in [-0.25, -0.2) is 0 Å². The fraction of sp³-hybridized carbons (Fsp3) is 0.381. The molecule has 2 aromatic rings. The fourth-order valence-corrected chi connectivity index (χ4v) is 4.02. The Labute approximate surface area is 158 Å². The molecule has 6 nitrogen and oxygen atoms in total. The average Bonchev–Trinajstić information content (AvgIpc) is 3.12. The van der Waals surface area contributed by atoms with Crippen LogP contribution in [-0.4, -0.2) is 30.5 Å².